The van der Waals surface area contributed by atoms with Gasteiger partial charge in [0.15, 0.2) is 12.6 Å². The SMILES string of the molecule is C=C1C2OC(OC)C3C1C[C@@H](OC(=O)NCC)C3(CN1CCCCCC1)O2. The summed E-state index contributed by atoms with van der Waals surface area (Å²) in [5.41, 5.74) is 0.340. The average molecular weight is 380 g/mol. The summed E-state index contributed by atoms with van der Waals surface area (Å²) in [6.45, 7) is 9.49. The molecule has 6 atom stereocenters. The van der Waals surface area contributed by atoms with Crippen molar-refractivity contribution < 1.29 is 23.7 Å². The third-order valence-corrected chi connectivity index (χ3v) is 6.64. The number of amides is 1. The lowest BCUT2D eigenvalue weighted by Gasteiger charge is -2.55. The number of carbonyl (C=O) groups is 1. The number of carbonyl (C=O) groups excluding carboxylic acids is 1. The topological polar surface area (TPSA) is 69.3 Å². The largest absolute Gasteiger partial charge is 0.443 e. The maximum atomic E-state index is 12.2. The molecule has 7 heteroatoms. The quantitative estimate of drug-likeness (QED) is 0.738. The van der Waals surface area contributed by atoms with Crippen LogP contribution in [0.3, 0.4) is 0 Å². The van der Waals surface area contributed by atoms with Crippen LogP contribution in [0.5, 0.6) is 0 Å². The Morgan fingerprint density at radius 2 is 2.07 bits per heavy atom. The minimum Gasteiger partial charge on any atom is -0.443 e. The highest BCUT2D eigenvalue weighted by molar-refractivity contribution is 5.67. The van der Waals surface area contributed by atoms with Crippen LogP contribution in [0.25, 0.3) is 0 Å². The van der Waals surface area contributed by atoms with Crippen LogP contribution < -0.4 is 5.32 Å². The number of likely N-dealkylation sites (tertiary alicyclic amines) is 1. The van der Waals surface area contributed by atoms with Gasteiger partial charge in [0.1, 0.15) is 11.7 Å². The number of alkyl carbamates (subject to hydrolysis) is 1. The summed E-state index contributed by atoms with van der Waals surface area (Å²) >= 11 is 0. The molecule has 5 unspecified atom stereocenters. The van der Waals surface area contributed by atoms with Crippen molar-refractivity contribution in [3.8, 4) is 0 Å². The molecule has 4 bridgehead atoms. The molecule has 27 heavy (non-hydrogen) atoms. The first-order chi connectivity index (χ1) is 13.1. The highest BCUT2D eigenvalue weighted by Crippen LogP contribution is 2.59. The Hall–Kier alpha value is -1.15. The first-order valence-corrected chi connectivity index (χ1v) is 10.3. The van der Waals surface area contributed by atoms with Gasteiger partial charge in [0, 0.05) is 20.2 Å². The molecule has 0 spiro atoms. The van der Waals surface area contributed by atoms with Gasteiger partial charge >= 0.3 is 6.09 Å². The van der Waals surface area contributed by atoms with E-state index in [0.29, 0.717) is 13.0 Å². The normalized spacial score (nSPS) is 41.4. The number of fused-ring (bicyclic) bond motifs is 1. The van der Waals surface area contributed by atoms with E-state index in [4.69, 9.17) is 18.9 Å². The molecule has 7 nitrogen and oxygen atoms in total. The number of methoxy groups -OCH3 is 1. The molecule has 4 saturated heterocycles. The maximum Gasteiger partial charge on any atom is 0.407 e. The van der Waals surface area contributed by atoms with Crippen molar-refractivity contribution in [1.82, 2.24) is 10.2 Å². The third kappa shape index (κ3) is 3.28. The smallest absolute Gasteiger partial charge is 0.407 e. The number of rotatable bonds is 5. The van der Waals surface area contributed by atoms with E-state index in [1.54, 1.807) is 7.11 Å². The lowest BCUT2D eigenvalue weighted by molar-refractivity contribution is -0.375. The number of hydrogen-bond donors (Lipinski definition) is 1. The number of hydrogen-bond acceptors (Lipinski definition) is 6. The van der Waals surface area contributed by atoms with E-state index in [2.05, 4.69) is 16.8 Å². The van der Waals surface area contributed by atoms with Crippen molar-refractivity contribution in [2.24, 2.45) is 11.8 Å². The van der Waals surface area contributed by atoms with Crippen molar-refractivity contribution in [2.45, 2.75) is 63.3 Å². The Morgan fingerprint density at radius 3 is 2.74 bits per heavy atom. The van der Waals surface area contributed by atoms with Crippen molar-refractivity contribution in [3.63, 3.8) is 0 Å². The van der Waals surface area contributed by atoms with Crippen LogP contribution in [-0.4, -0.2) is 68.6 Å². The molecule has 4 heterocycles. The van der Waals surface area contributed by atoms with Gasteiger partial charge in [-0.15, -0.1) is 0 Å². The fourth-order valence-corrected chi connectivity index (χ4v) is 5.41. The second-order valence-electron chi connectivity index (χ2n) is 8.20. The molecule has 1 aliphatic carbocycles. The minimum absolute atomic E-state index is 0.0114. The second kappa shape index (κ2) is 7.70. The molecular weight excluding hydrogens is 348 g/mol. The summed E-state index contributed by atoms with van der Waals surface area (Å²) in [5.74, 6) is 0.177. The summed E-state index contributed by atoms with van der Waals surface area (Å²) in [4.78, 5) is 14.7. The Labute approximate surface area is 161 Å². The monoisotopic (exact) mass is 380 g/mol. The number of nitrogens with one attached hydrogen (secondary N) is 1. The fraction of sp³-hybridized carbons (Fsp3) is 0.850. The molecule has 1 amide bonds. The van der Waals surface area contributed by atoms with Crippen LogP contribution in [0.15, 0.2) is 12.2 Å². The van der Waals surface area contributed by atoms with Crippen LogP contribution in [0.1, 0.15) is 39.0 Å². The summed E-state index contributed by atoms with van der Waals surface area (Å²) in [7, 11) is 1.67. The van der Waals surface area contributed by atoms with E-state index >= 15 is 0 Å². The van der Waals surface area contributed by atoms with Gasteiger partial charge in [0.25, 0.3) is 0 Å². The molecule has 1 saturated carbocycles. The zero-order chi connectivity index (χ0) is 19.0. The molecule has 4 aliphatic heterocycles. The summed E-state index contributed by atoms with van der Waals surface area (Å²) < 4.78 is 24.0. The van der Waals surface area contributed by atoms with Crippen LogP contribution >= 0.6 is 0 Å². The first-order valence-electron chi connectivity index (χ1n) is 10.3. The molecular formula is C20H32N2O5. The van der Waals surface area contributed by atoms with Crippen LogP contribution in [-0.2, 0) is 18.9 Å². The van der Waals surface area contributed by atoms with Gasteiger partial charge in [-0.1, -0.05) is 19.4 Å². The standard InChI is InChI=1S/C20H32N2O5/c1-4-21-19(23)25-15-11-14-13(2)17-26-18(24-3)16(14)20(15,27-17)12-22-9-7-5-6-8-10-22/h14-18H,2,4-12H2,1,3H3,(H,21,23)/t14?,15-,16?,17?,18?,20?/m1/s1. The van der Waals surface area contributed by atoms with E-state index < -0.39 is 11.9 Å². The first kappa shape index (κ1) is 19.2. The maximum absolute atomic E-state index is 12.2. The molecule has 5 aliphatic rings. The van der Waals surface area contributed by atoms with Gasteiger partial charge in [-0.05, 0) is 50.8 Å². The fourth-order valence-electron chi connectivity index (χ4n) is 5.41. The third-order valence-electron chi connectivity index (χ3n) is 6.64. The zero-order valence-corrected chi connectivity index (χ0v) is 16.4. The van der Waals surface area contributed by atoms with Gasteiger partial charge in [-0.2, -0.15) is 0 Å². The highest BCUT2D eigenvalue weighted by atomic mass is 16.8. The number of ether oxygens (including phenoxy) is 4. The van der Waals surface area contributed by atoms with E-state index in [9.17, 15) is 4.79 Å². The van der Waals surface area contributed by atoms with Gasteiger partial charge < -0.3 is 29.2 Å². The highest BCUT2D eigenvalue weighted by Gasteiger charge is 2.70. The van der Waals surface area contributed by atoms with Crippen LogP contribution in [0, 0.1) is 11.8 Å². The van der Waals surface area contributed by atoms with Crippen LogP contribution in [0.2, 0.25) is 0 Å². The Morgan fingerprint density at radius 1 is 1.33 bits per heavy atom. The molecule has 0 radical (unpaired) electrons. The lowest BCUT2D eigenvalue weighted by atomic mass is 9.76. The molecule has 1 N–H and O–H groups in total. The van der Waals surface area contributed by atoms with Gasteiger partial charge in [0.05, 0.1) is 5.92 Å². The molecule has 5 fully saturated rings. The Bertz CT molecular complexity index is 577. The van der Waals surface area contributed by atoms with Crippen molar-refractivity contribution in [3.05, 3.63) is 12.2 Å². The summed E-state index contributed by atoms with van der Waals surface area (Å²) in [5, 5.41) is 2.75. The Kier molecular flexibility index (Phi) is 5.47. The van der Waals surface area contributed by atoms with Crippen molar-refractivity contribution in [2.75, 3.05) is 33.3 Å². The summed E-state index contributed by atoms with van der Waals surface area (Å²) in [6, 6.07) is 0. The van der Waals surface area contributed by atoms with Gasteiger partial charge in [0.2, 0.25) is 0 Å². The van der Waals surface area contributed by atoms with Gasteiger partial charge in [-0.25, -0.2) is 4.79 Å². The van der Waals surface area contributed by atoms with Crippen molar-refractivity contribution >= 4 is 6.09 Å². The average Bonchev–Trinajstić information content (AvgIpc) is 2.79. The van der Waals surface area contributed by atoms with E-state index in [-0.39, 0.29) is 30.3 Å². The number of nitrogens with zero attached hydrogens (tertiary/aromatic N) is 1. The molecule has 0 aromatic carbocycles. The second-order valence-corrected chi connectivity index (χ2v) is 8.20. The molecule has 5 rings (SSSR count). The summed E-state index contributed by atoms with van der Waals surface area (Å²) in [6.07, 6.45) is 4.12. The van der Waals surface area contributed by atoms with E-state index in [0.717, 1.165) is 25.2 Å². The molecule has 0 aromatic heterocycles. The van der Waals surface area contributed by atoms with E-state index in [1.165, 1.54) is 25.7 Å². The molecule has 152 valence electrons. The van der Waals surface area contributed by atoms with Crippen LogP contribution in [0.4, 0.5) is 4.79 Å². The predicted octanol–water partition coefficient (Wildman–Crippen LogP) is 2.27. The Balaban J connectivity index is 1.63. The van der Waals surface area contributed by atoms with Crippen molar-refractivity contribution in [1.29, 1.82) is 0 Å². The van der Waals surface area contributed by atoms with E-state index in [1.807, 2.05) is 6.92 Å². The molecule has 0 aromatic rings. The van der Waals surface area contributed by atoms with Gasteiger partial charge in [-0.3, -0.25) is 0 Å². The minimum atomic E-state index is -0.606. The zero-order valence-electron chi connectivity index (χ0n) is 16.4. The lowest BCUT2D eigenvalue weighted by Crippen LogP contribution is -2.67. The predicted molar refractivity (Wildman–Crippen MR) is 99.1 cm³/mol.